The van der Waals surface area contributed by atoms with Crippen LogP contribution in [0, 0.1) is 12.8 Å². The maximum atomic E-state index is 12.4. The van der Waals surface area contributed by atoms with Gasteiger partial charge in [0.1, 0.15) is 0 Å². The number of carbonyl (C=O) groups is 1. The zero-order chi connectivity index (χ0) is 17.6. The number of thiophene rings is 1. The molecule has 0 spiro atoms. The largest absolute Gasteiger partial charge is 0.351 e. The van der Waals surface area contributed by atoms with Crippen LogP contribution in [0.5, 0.6) is 0 Å². The van der Waals surface area contributed by atoms with E-state index in [1.807, 2.05) is 6.07 Å². The van der Waals surface area contributed by atoms with E-state index in [0.29, 0.717) is 5.92 Å². The molecule has 1 N–H and O–H groups in total. The molecule has 0 aliphatic carbocycles. The summed E-state index contributed by atoms with van der Waals surface area (Å²) in [5, 5.41) is 3.16. The molecular weight excluding hydrogens is 328 g/mol. The van der Waals surface area contributed by atoms with Crippen LogP contribution >= 0.6 is 11.3 Å². The minimum atomic E-state index is 0.0907. The predicted molar refractivity (Wildman–Crippen MR) is 105 cm³/mol. The van der Waals surface area contributed by atoms with Crippen molar-refractivity contribution >= 4 is 17.2 Å². The second kappa shape index (κ2) is 8.63. The van der Waals surface area contributed by atoms with Crippen LogP contribution in [0.25, 0.3) is 0 Å². The van der Waals surface area contributed by atoms with E-state index in [1.165, 1.54) is 28.8 Å². The van der Waals surface area contributed by atoms with E-state index in [9.17, 15) is 4.79 Å². The van der Waals surface area contributed by atoms with Crippen molar-refractivity contribution in [1.82, 2.24) is 10.2 Å². The molecule has 4 heteroatoms. The van der Waals surface area contributed by atoms with E-state index < -0.39 is 0 Å². The van der Waals surface area contributed by atoms with Gasteiger partial charge in [-0.15, -0.1) is 11.3 Å². The molecule has 2 heterocycles. The van der Waals surface area contributed by atoms with Crippen LogP contribution in [0.15, 0.2) is 36.4 Å². The van der Waals surface area contributed by atoms with Gasteiger partial charge in [-0.25, -0.2) is 0 Å². The molecule has 0 saturated carbocycles. The lowest BCUT2D eigenvalue weighted by atomic mass is 9.97. The van der Waals surface area contributed by atoms with Crippen LogP contribution in [-0.4, -0.2) is 30.4 Å². The standard InChI is InChI=1S/C21H28N2OS/c1-3-19-16(2)12-20(25-19)21(24)22-13-18-10-7-11-23(15-18)14-17-8-5-4-6-9-17/h4-6,8-9,12,18H,3,7,10-11,13-15H2,1-2H3,(H,22,24)/t18-/m1/s1. The highest BCUT2D eigenvalue weighted by molar-refractivity contribution is 7.14. The van der Waals surface area contributed by atoms with E-state index in [0.717, 1.165) is 37.5 Å². The molecule has 1 aromatic heterocycles. The number of benzene rings is 1. The quantitative estimate of drug-likeness (QED) is 0.839. The predicted octanol–water partition coefficient (Wildman–Crippen LogP) is 4.26. The van der Waals surface area contributed by atoms with E-state index >= 15 is 0 Å². The number of piperidine rings is 1. The van der Waals surface area contributed by atoms with Gasteiger partial charge >= 0.3 is 0 Å². The number of amides is 1. The molecule has 1 atom stereocenters. The van der Waals surface area contributed by atoms with E-state index in [4.69, 9.17) is 0 Å². The zero-order valence-electron chi connectivity index (χ0n) is 15.3. The second-order valence-corrected chi connectivity index (χ2v) is 8.15. The van der Waals surface area contributed by atoms with Crippen LogP contribution in [0.4, 0.5) is 0 Å². The molecular formula is C21H28N2OS. The summed E-state index contributed by atoms with van der Waals surface area (Å²) in [6.45, 7) is 8.25. The molecule has 1 aliphatic rings. The minimum Gasteiger partial charge on any atom is -0.351 e. The smallest absolute Gasteiger partial charge is 0.261 e. The van der Waals surface area contributed by atoms with Gasteiger partial charge in [0.15, 0.2) is 0 Å². The Morgan fingerprint density at radius 3 is 2.84 bits per heavy atom. The van der Waals surface area contributed by atoms with Gasteiger partial charge in [-0.1, -0.05) is 37.3 Å². The van der Waals surface area contributed by atoms with Crippen molar-refractivity contribution in [3.8, 4) is 0 Å². The molecule has 0 bridgehead atoms. The normalized spacial score (nSPS) is 18.2. The summed E-state index contributed by atoms with van der Waals surface area (Å²) in [4.78, 5) is 17.1. The van der Waals surface area contributed by atoms with Gasteiger partial charge in [-0.2, -0.15) is 0 Å². The summed E-state index contributed by atoms with van der Waals surface area (Å²) >= 11 is 1.63. The first-order valence-electron chi connectivity index (χ1n) is 9.29. The average molecular weight is 357 g/mol. The Bertz CT molecular complexity index is 695. The van der Waals surface area contributed by atoms with Crippen molar-refractivity contribution in [3.63, 3.8) is 0 Å². The van der Waals surface area contributed by atoms with E-state index in [2.05, 4.69) is 54.4 Å². The Balaban J connectivity index is 1.49. The van der Waals surface area contributed by atoms with Crippen LogP contribution in [0.3, 0.4) is 0 Å². The summed E-state index contributed by atoms with van der Waals surface area (Å²) < 4.78 is 0. The van der Waals surface area contributed by atoms with Gasteiger partial charge in [-0.05, 0) is 55.8 Å². The van der Waals surface area contributed by atoms with Gasteiger partial charge in [0, 0.05) is 24.5 Å². The van der Waals surface area contributed by atoms with Crippen molar-refractivity contribution in [1.29, 1.82) is 0 Å². The van der Waals surface area contributed by atoms with Gasteiger partial charge in [0.2, 0.25) is 0 Å². The number of rotatable bonds is 6. The Morgan fingerprint density at radius 2 is 2.12 bits per heavy atom. The van der Waals surface area contributed by atoms with Crippen molar-refractivity contribution in [2.24, 2.45) is 5.92 Å². The van der Waals surface area contributed by atoms with Crippen LogP contribution in [0.1, 0.15) is 45.4 Å². The molecule has 1 aromatic carbocycles. The molecule has 0 unspecified atom stereocenters. The van der Waals surface area contributed by atoms with Gasteiger partial charge in [0.25, 0.3) is 5.91 Å². The third-order valence-corrected chi connectivity index (χ3v) is 6.35. The number of hydrogen-bond donors (Lipinski definition) is 1. The second-order valence-electron chi connectivity index (χ2n) is 7.01. The van der Waals surface area contributed by atoms with Crippen LogP contribution in [0.2, 0.25) is 0 Å². The summed E-state index contributed by atoms with van der Waals surface area (Å²) in [5.74, 6) is 0.640. The average Bonchev–Trinajstić information content (AvgIpc) is 3.02. The van der Waals surface area contributed by atoms with Crippen molar-refractivity contribution in [2.75, 3.05) is 19.6 Å². The zero-order valence-corrected chi connectivity index (χ0v) is 16.1. The third kappa shape index (κ3) is 4.93. The van der Waals surface area contributed by atoms with Crippen LogP contribution in [-0.2, 0) is 13.0 Å². The lowest BCUT2D eigenvalue weighted by molar-refractivity contribution is 0.0934. The molecule has 134 valence electrons. The first kappa shape index (κ1) is 18.2. The molecule has 1 fully saturated rings. The Hall–Kier alpha value is -1.65. The molecule has 1 amide bonds. The van der Waals surface area contributed by atoms with Gasteiger partial charge in [0.05, 0.1) is 4.88 Å². The molecule has 1 aliphatic heterocycles. The first-order chi connectivity index (χ1) is 12.2. The molecule has 3 nitrogen and oxygen atoms in total. The number of nitrogens with one attached hydrogen (secondary N) is 1. The fraction of sp³-hybridized carbons (Fsp3) is 0.476. The summed E-state index contributed by atoms with van der Waals surface area (Å²) in [6, 6.07) is 12.7. The summed E-state index contributed by atoms with van der Waals surface area (Å²) in [6.07, 6.45) is 3.42. The van der Waals surface area contributed by atoms with E-state index in [1.54, 1.807) is 11.3 Å². The summed E-state index contributed by atoms with van der Waals surface area (Å²) in [5.41, 5.74) is 2.61. The van der Waals surface area contributed by atoms with E-state index in [-0.39, 0.29) is 5.91 Å². The van der Waals surface area contributed by atoms with Crippen molar-refractivity contribution < 1.29 is 4.79 Å². The van der Waals surface area contributed by atoms with Crippen molar-refractivity contribution in [2.45, 2.75) is 39.7 Å². The fourth-order valence-electron chi connectivity index (χ4n) is 3.61. The highest BCUT2D eigenvalue weighted by atomic mass is 32.1. The fourth-order valence-corrected chi connectivity index (χ4v) is 4.64. The molecule has 3 rings (SSSR count). The number of nitrogens with zero attached hydrogens (tertiary/aromatic N) is 1. The van der Waals surface area contributed by atoms with Crippen LogP contribution < -0.4 is 5.32 Å². The number of likely N-dealkylation sites (tertiary alicyclic amines) is 1. The highest BCUT2D eigenvalue weighted by Gasteiger charge is 2.21. The Labute approximate surface area is 155 Å². The minimum absolute atomic E-state index is 0.0907. The van der Waals surface area contributed by atoms with Gasteiger partial charge in [-0.3, -0.25) is 9.69 Å². The number of hydrogen-bond acceptors (Lipinski definition) is 3. The SMILES string of the molecule is CCc1sc(C(=O)NC[C@H]2CCCN(Cc3ccccc3)C2)cc1C. The lowest BCUT2D eigenvalue weighted by Gasteiger charge is -2.32. The maximum absolute atomic E-state index is 12.4. The Morgan fingerprint density at radius 1 is 1.32 bits per heavy atom. The number of aryl methyl sites for hydroxylation is 2. The monoisotopic (exact) mass is 356 g/mol. The number of carbonyl (C=O) groups excluding carboxylic acids is 1. The molecule has 1 saturated heterocycles. The Kier molecular flexibility index (Phi) is 6.27. The molecule has 25 heavy (non-hydrogen) atoms. The topological polar surface area (TPSA) is 32.3 Å². The highest BCUT2D eigenvalue weighted by Crippen LogP contribution is 2.23. The first-order valence-corrected chi connectivity index (χ1v) is 10.1. The van der Waals surface area contributed by atoms with Gasteiger partial charge < -0.3 is 5.32 Å². The third-order valence-electron chi connectivity index (χ3n) is 4.97. The molecule has 0 radical (unpaired) electrons. The van der Waals surface area contributed by atoms with Crippen molar-refractivity contribution in [3.05, 3.63) is 57.3 Å². The maximum Gasteiger partial charge on any atom is 0.261 e. The summed E-state index contributed by atoms with van der Waals surface area (Å²) in [7, 11) is 0. The lowest BCUT2D eigenvalue weighted by Crippen LogP contribution is -2.40. The molecule has 2 aromatic rings.